The second kappa shape index (κ2) is 7.19. The Morgan fingerprint density at radius 2 is 1.50 bits per heavy atom. The summed E-state index contributed by atoms with van der Waals surface area (Å²) < 4.78 is 14.3. The predicted octanol–water partition coefficient (Wildman–Crippen LogP) is 2.08. The van der Waals surface area contributed by atoms with Crippen molar-refractivity contribution in [1.82, 2.24) is 14.7 Å². The number of hydrogen-bond acceptors (Lipinski definition) is 3. The molecule has 2 saturated heterocycles. The fraction of sp³-hybridized carbons (Fsp3) is 1.00. The first kappa shape index (κ1) is 16.2. The number of piperazine rings is 1. The Labute approximate surface area is 124 Å². The Morgan fingerprint density at radius 3 is 2.00 bits per heavy atom. The standard InChI is InChI=1S/C16H32FN3/c1-13(2)19-9-7-18(8-10-19)11-15-5-6-20(14(3)4)12-16(15)17/h13-16H,5-12H2,1-4H3. The first-order chi connectivity index (χ1) is 9.47. The number of halogens is 1. The fourth-order valence-corrected chi connectivity index (χ4v) is 3.45. The second-order valence-corrected chi connectivity index (χ2v) is 7.08. The summed E-state index contributed by atoms with van der Waals surface area (Å²) in [6.07, 6.45) is 0.373. The smallest absolute Gasteiger partial charge is 0.117 e. The highest BCUT2D eigenvalue weighted by Gasteiger charge is 2.32. The van der Waals surface area contributed by atoms with Crippen LogP contribution in [-0.4, -0.2) is 78.8 Å². The van der Waals surface area contributed by atoms with Gasteiger partial charge in [0.15, 0.2) is 0 Å². The van der Waals surface area contributed by atoms with Crippen molar-refractivity contribution in [3.63, 3.8) is 0 Å². The summed E-state index contributed by atoms with van der Waals surface area (Å²) in [5.41, 5.74) is 0. The summed E-state index contributed by atoms with van der Waals surface area (Å²) in [5.74, 6) is 0.246. The van der Waals surface area contributed by atoms with Gasteiger partial charge in [0.2, 0.25) is 0 Å². The molecule has 3 nitrogen and oxygen atoms in total. The maximum absolute atomic E-state index is 14.3. The Morgan fingerprint density at radius 1 is 0.900 bits per heavy atom. The van der Waals surface area contributed by atoms with Gasteiger partial charge in [-0.05, 0) is 40.7 Å². The molecule has 0 aliphatic carbocycles. The Kier molecular flexibility index (Phi) is 5.82. The van der Waals surface area contributed by atoms with E-state index in [0.717, 1.165) is 45.7 Å². The lowest BCUT2D eigenvalue weighted by atomic mass is 9.93. The molecule has 2 unspecified atom stereocenters. The summed E-state index contributed by atoms with van der Waals surface area (Å²) in [4.78, 5) is 7.27. The molecule has 0 aromatic carbocycles. The van der Waals surface area contributed by atoms with Gasteiger partial charge in [0.25, 0.3) is 0 Å². The Bertz CT molecular complexity index is 287. The maximum atomic E-state index is 14.3. The van der Waals surface area contributed by atoms with E-state index in [0.29, 0.717) is 18.6 Å². The molecule has 4 heteroatoms. The van der Waals surface area contributed by atoms with Crippen molar-refractivity contribution in [3.8, 4) is 0 Å². The van der Waals surface area contributed by atoms with Crippen LogP contribution in [0.3, 0.4) is 0 Å². The van der Waals surface area contributed by atoms with Gasteiger partial charge in [0, 0.05) is 57.3 Å². The van der Waals surface area contributed by atoms with Crippen molar-refractivity contribution < 1.29 is 4.39 Å². The Balaban J connectivity index is 1.75. The first-order valence-electron chi connectivity index (χ1n) is 8.32. The molecule has 2 rings (SSSR count). The van der Waals surface area contributed by atoms with Crippen LogP contribution in [0.15, 0.2) is 0 Å². The van der Waals surface area contributed by atoms with Crippen LogP contribution >= 0.6 is 0 Å². The fourth-order valence-electron chi connectivity index (χ4n) is 3.45. The quantitative estimate of drug-likeness (QED) is 0.783. The van der Waals surface area contributed by atoms with Crippen LogP contribution in [0.5, 0.6) is 0 Å². The number of likely N-dealkylation sites (tertiary alicyclic amines) is 1. The van der Waals surface area contributed by atoms with E-state index in [1.54, 1.807) is 0 Å². The van der Waals surface area contributed by atoms with Crippen LogP contribution in [0.2, 0.25) is 0 Å². The van der Waals surface area contributed by atoms with Crippen molar-refractivity contribution in [1.29, 1.82) is 0 Å². The van der Waals surface area contributed by atoms with E-state index in [1.807, 2.05) is 0 Å². The largest absolute Gasteiger partial charge is 0.300 e. The number of hydrogen-bond donors (Lipinski definition) is 0. The zero-order valence-corrected chi connectivity index (χ0v) is 13.7. The van der Waals surface area contributed by atoms with Gasteiger partial charge < -0.3 is 4.90 Å². The van der Waals surface area contributed by atoms with Crippen molar-refractivity contribution >= 4 is 0 Å². The molecule has 0 aromatic heterocycles. The lowest BCUT2D eigenvalue weighted by molar-refractivity contribution is 0.0303. The van der Waals surface area contributed by atoms with E-state index in [1.165, 1.54) is 0 Å². The van der Waals surface area contributed by atoms with Crippen molar-refractivity contribution in [2.45, 2.75) is 52.4 Å². The molecule has 0 aromatic rings. The maximum Gasteiger partial charge on any atom is 0.117 e. The van der Waals surface area contributed by atoms with Gasteiger partial charge in [-0.1, -0.05) is 0 Å². The molecule has 0 saturated carbocycles. The van der Waals surface area contributed by atoms with E-state index in [9.17, 15) is 4.39 Å². The highest BCUT2D eigenvalue weighted by molar-refractivity contribution is 4.85. The van der Waals surface area contributed by atoms with Crippen LogP contribution < -0.4 is 0 Å². The molecule has 2 aliphatic rings. The summed E-state index contributed by atoms with van der Waals surface area (Å²) in [6, 6.07) is 1.11. The van der Waals surface area contributed by atoms with Crippen molar-refractivity contribution in [3.05, 3.63) is 0 Å². The summed E-state index contributed by atoms with van der Waals surface area (Å²) in [7, 11) is 0. The van der Waals surface area contributed by atoms with Crippen molar-refractivity contribution in [2.75, 3.05) is 45.8 Å². The van der Waals surface area contributed by atoms with Gasteiger partial charge in [-0.15, -0.1) is 0 Å². The molecule has 2 fully saturated rings. The van der Waals surface area contributed by atoms with Gasteiger partial charge in [-0.2, -0.15) is 0 Å². The third-order valence-corrected chi connectivity index (χ3v) is 5.07. The van der Waals surface area contributed by atoms with E-state index >= 15 is 0 Å². The van der Waals surface area contributed by atoms with Gasteiger partial charge in [-0.25, -0.2) is 4.39 Å². The molecule has 20 heavy (non-hydrogen) atoms. The molecule has 2 atom stereocenters. The second-order valence-electron chi connectivity index (χ2n) is 7.08. The van der Waals surface area contributed by atoms with E-state index < -0.39 is 6.17 Å². The van der Waals surface area contributed by atoms with Crippen LogP contribution in [0, 0.1) is 5.92 Å². The van der Waals surface area contributed by atoms with E-state index in [-0.39, 0.29) is 5.92 Å². The average molecular weight is 285 g/mol. The SMILES string of the molecule is CC(C)N1CCN(CC2CCN(C(C)C)CC2F)CC1. The minimum absolute atomic E-state index is 0.246. The third-order valence-electron chi connectivity index (χ3n) is 5.07. The molecule has 0 radical (unpaired) electrons. The summed E-state index contributed by atoms with van der Waals surface area (Å²) in [6.45, 7) is 16.0. The van der Waals surface area contributed by atoms with Gasteiger partial charge in [0.05, 0.1) is 0 Å². The molecule has 2 heterocycles. The predicted molar refractivity (Wildman–Crippen MR) is 82.9 cm³/mol. The topological polar surface area (TPSA) is 9.72 Å². The molecule has 118 valence electrons. The number of piperidine rings is 1. The molecule has 2 aliphatic heterocycles. The lowest BCUT2D eigenvalue weighted by Gasteiger charge is -2.42. The molecular formula is C16H32FN3. The monoisotopic (exact) mass is 285 g/mol. The number of rotatable bonds is 4. The molecule has 0 N–H and O–H groups in total. The molecular weight excluding hydrogens is 253 g/mol. The van der Waals surface area contributed by atoms with Crippen molar-refractivity contribution in [2.24, 2.45) is 5.92 Å². The lowest BCUT2D eigenvalue weighted by Crippen LogP contribution is -2.53. The van der Waals surface area contributed by atoms with Gasteiger partial charge in [-0.3, -0.25) is 9.80 Å². The van der Waals surface area contributed by atoms with Crippen LogP contribution in [0.25, 0.3) is 0 Å². The van der Waals surface area contributed by atoms with Gasteiger partial charge in [0.1, 0.15) is 6.17 Å². The third kappa shape index (κ3) is 4.15. The van der Waals surface area contributed by atoms with E-state index in [2.05, 4.69) is 42.4 Å². The zero-order valence-electron chi connectivity index (χ0n) is 13.7. The highest BCUT2D eigenvalue weighted by atomic mass is 19.1. The minimum Gasteiger partial charge on any atom is -0.300 e. The zero-order chi connectivity index (χ0) is 14.7. The number of alkyl halides is 1. The normalized spacial score (nSPS) is 31.4. The van der Waals surface area contributed by atoms with E-state index in [4.69, 9.17) is 0 Å². The highest BCUT2D eigenvalue weighted by Crippen LogP contribution is 2.23. The Hall–Kier alpha value is -0.190. The van der Waals surface area contributed by atoms with Crippen LogP contribution in [-0.2, 0) is 0 Å². The molecule has 0 spiro atoms. The molecule has 0 bridgehead atoms. The molecule has 0 amide bonds. The minimum atomic E-state index is -0.644. The first-order valence-corrected chi connectivity index (χ1v) is 8.32. The van der Waals surface area contributed by atoms with Crippen LogP contribution in [0.4, 0.5) is 4.39 Å². The van der Waals surface area contributed by atoms with Crippen LogP contribution in [0.1, 0.15) is 34.1 Å². The summed E-state index contributed by atoms with van der Waals surface area (Å²) in [5, 5.41) is 0. The number of nitrogens with zero attached hydrogens (tertiary/aromatic N) is 3. The average Bonchev–Trinajstić information content (AvgIpc) is 2.41. The van der Waals surface area contributed by atoms with Gasteiger partial charge >= 0.3 is 0 Å². The summed E-state index contributed by atoms with van der Waals surface area (Å²) >= 11 is 0.